The van der Waals surface area contributed by atoms with Crippen molar-refractivity contribution in [1.29, 1.82) is 0 Å². The van der Waals surface area contributed by atoms with E-state index < -0.39 is 0 Å². The Morgan fingerprint density at radius 1 is 1.26 bits per heavy atom. The van der Waals surface area contributed by atoms with Gasteiger partial charge in [-0.25, -0.2) is 0 Å². The molecular weight excluding hydrogens is 316 g/mol. The van der Waals surface area contributed by atoms with Crippen LogP contribution in [0.1, 0.15) is 18.4 Å². The van der Waals surface area contributed by atoms with Gasteiger partial charge in [0.15, 0.2) is 6.29 Å². The molecule has 0 aliphatic carbocycles. The van der Waals surface area contributed by atoms with Gasteiger partial charge in [-0.3, -0.25) is 9.69 Å². The normalized spacial score (nSPS) is 20.7. The molecule has 2 heterocycles. The Kier molecular flexibility index (Phi) is 5.89. The molecule has 1 aromatic rings. The molecule has 2 aliphatic rings. The maximum atomic E-state index is 12.1. The van der Waals surface area contributed by atoms with E-state index >= 15 is 0 Å². The highest BCUT2D eigenvalue weighted by Gasteiger charge is 2.30. The lowest BCUT2D eigenvalue weighted by Gasteiger charge is -2.33. The van der Waals surface area contributed by atoms with E-state index in [0.717, 1.165) is 31.5 Å². The second-order valence-corrected chi connectivity index (χ2v) is 6.57. The van der Waals surface area contributed by atoms with Crippen LogP contribution in [0, 0.1) is 5.92 Å². The fraction of sp³-hybridized carbons (Fsp3) is 0.588. The Morgan fingerprint density at radius 3 is 2.70 bits per heavy atom. The first-order chi connectivity index (χ1) is 11.2. The van der Waals surface area contributed by atoms with Crippen molar-refractivity contribution < 1.29 is 14.3 Å². The van der Waals surface area contributed by atoms with Crippen LogP contribution in [0.3, 0.4) is 0 Å². The Bertz CT molecular complexity index is 526. The van der Waals surface area contributed by atoms with E-state index in [1.54, 1.807) is 0 Å². The molecule has 0 radical (unpaired) electrons. The molecule has 0 bridgehead atoms. The van der Waals surface area contributed by atoms with E-state index in [1.807, 2.05) is 24.3 Å². The average Bonchev–Trinajstić information content (AvgIpc) is 3.08. The molecule has 126 valence electrons. The number of nitrogens with one attached hydrogen (secondary N) is 1. The summed E-state index contributed by atoms with van der Waals surface area (Å²) in [7, 11) is 0. The van der Waals surface area contributed by atoms with Gasteiger partial charge in [0.2, 0.25) is 5.91 Å². The molecule has 0 unspecified atom stereocenters. The van der Waals surface area contributed by atoms with Crippen molar-refractivity contribution in [3.05, 3.63) is 34.9 Å². The predicted octanol–water partition coefficient (Wildman–Crippen LogP) is 2.04. The summed E-state index contributed by atoms with van der Waals surface area (Å²) in [6.45, 7) is 4.20. The van der Waals surface area contributed by atoms with Gasteiger partial charge in [-0.1, -0.05) is 23.7 Å². The van der Waals surface area contributed by atoms with E-state index in [2.05, 4.69) is 10.2 Å². The van der Waals surface area contributed by atoms with Crippen LogP contribution in [0.4, 0.5) is 0 Å². The van der Waals surface area contributed by atoms with Gasteiger partial charge in [0, 0.05) is 17.5 Å². The highest BCUT2D eigenvalue weighted by Crippen LogP contribution is 2.25. The van der Waals surface area contributed by atoms with Crippen molar-refractivity contribution in [2.75, 3.05) is 32.8 Å². The SMILES string of the molecule is O=C(CN1CCC(C2OCCO2)CC1)NCc1cccc(Cl)c1. The predicted molar refractivity (Wildman–Crippen MR) is 88.2 cm³/mol. The van der Waals surface area contributed by atoms with Crippen LogP contribution < -0.4 is 5.32 Å². The molecule has 0 spiro atoms. The third kappa shape index (κ3) is 4.91. The van der Waals surface area contributed by atoms with Gasteiger partial charge in [-0.2, -0.15) is 0 Å². The maximum absolute atomic E-state index is 12.1. The molecule has 0 saturated carbocycles. The average molecular weight is 339 g/mol. The first kappa shape index (κ1) is 16.7. The van der Waals surface area contributed by atoms with Gasteiger partial charge in [-0.15, -0.1) is 0 Å². The molecule has 1 N–H and O–H groups in total. The van der Waals surface area contributed by atoms with Crippen LogP contribution in [0.15, 0.2) is 24.3 Å². The standard InChI is InChI=1S/C17H23ClN2O3/c18-15-3-1-2-13(10-15)11-19-16(21)12-20-6-4-14(5-7-20)17-22-8-9-23-17/h1-3,10,14,17H,4-9,11-12H2,(H,19,21). The first-order valence-corrected chi connectivity index (χ1v) is 8.55. The number of nitrogens with zero attached hydrogens (tertiary/aromatic N) is 1. The summed E-state index contributed by atoms with van der Waals surface area (Å²) in [6.07, 6.45) is 2.01. The maximum Gasteiger partial charge on any atom is 0.234 e. The second kappa shape index (κ2) is 8.11. The van der Waals surface area contributed by atoms with E-state index in [-0.39, 0.29) is 12.2 Å². The van der Waals surface area contributed by atoms with Gasteiger partial charge in [0.25, 0.3) is 0 Å². The Labute approximate surface area is 141 Å². The number of hydrogen-bond acceptors (Lipinski definition) is 4. The number of benzene rings is 1. The highest BCUT2D eigenvalue weighted by molar-refractivity contribution is 6.30. The van der Waals surface area contributed by atoms with E-state index in [4.69, 9.17) is 21.1 Å². The Morgan fingerprint density at radius 2 is 2.00 bits per heavy atom. The summed E-state index contributed by atoms with van der Waals surface area (Å²) in [5, 5.41) is 3.64. The number of halogens is 1. The second-order valence-electron chi connectivity index (χ2n) is 6.13. The zero-order chi connectivity index (χ0) is 16.1. The molecule has 2 fully saturated rings. The fourth-order valence-electron chi connectivity index (χ4n) is 3.14. The zero-order valence-electron chi connectivity index (χ0n) is 13.2. The number of rotatable bonds is 5. The summed E-state index contributed by atoms with van der Waals surface area (Å²) in [5.41, 5.74) is 1.01. The van der Waals surface area contributed by atoms with E-state index in [1.165, 1.54) is 0 Å². The van der Waals surface area contributed by atoms with Gasteiger partial charge in [0.1, 0.15) is 0 Å². The molecule has 3 rings (SSSR count). The van der Waals surface area contributed by atoms with Crippen LogP contribution in [0.5, 0.6) is 0 Å². The monoisotopic (exact) mass is 338 g/mol. The molecule has 2 aliphatic heterocycles. The van der Waals surface area contributed by atoms with Gasteiger partial charge in [-0.05, 0) is 43.6 Å². The molecule has 6 heteroatoms. The van der Waals surface area contributed by atoms with E-state index in [0.29, 0.717) is 37.2 Å². The summed E-state index contributed by atoms with van der Waals surface area (Å²) < 4.78 is 11.2. The summed E-state index contributed by atoms with van der Waals surface area (Å²) in [5.74, 6) is 0.514. The largest absolute Gasteiger partial charge is 0.351 e. The molecule has 2 saturated heterocycles. The van der Waals surface area contributed by atoms with Crippen molar-refractivity contribution in [1.82, 2.24) is 10.2 Å². The molecule has 5 nitrogen and oxygen atoms in total. The Hall–Kier alpha value is -1.14. The van der Waals surface area contributed by atoms with Crippen LogP contribution in [-0.4, -0.2) is 49.9 Å². The summed E-state index contributed by atoms with van der Waals surface area (Å²) >= 11 is 5.94. The zero-order valence-corrected chi connectivity index (χ0v) is 13.9. The van der Waals surface area contributed by atoms with Crippen LogP contribution in [-0.2, 0) is 20.8 Å². The number of piperidine rings is 1. The number of amides is 1. The van der Waals surface area contributed by atoms with Gasteiger partial charge >= 0.3 is 0 Å². The smallest absolute Gasteiger partial charge is 0.234 e. The number of carbonyl (C=O) groups is 1. The first-order valence-electron chi connectivity index (χ1n) is 8.17. The third-order valence-corrected chi connectivity index (χ3v) is 4.65. The van der Waals surface area contributed by atoms with Crippen LogP contribution in [0.25, 0.3) is 0 Å². The lowest BCUT2D eigenvalue weighted by atomic mass is 9.96. The lowest BCUT2D eigenvalue weighted by molar-refractivity contribution is -0.124. The minimum Gasteiger partial charge on any atom is -0.351 e. The fourth-order valence-corrected chi connectivity index (χ4v) is 3.35. The van der Waals surface area contributed by atoms with Gasteiger partial charge < -0.3 is 14.8 Å². The highest BCUT2D eigenvalue weighted by atomic mass is 35.5. The number of carbonyl (C=O) groups excluding carboxylic acids is 1. The van der Waals surface area contributed by atoms with Crippen molar-refractivity contribution in [3.8, 4) is 0 Å². The minimum atomic E-state index is -0.0335. The molecule has 1 amide bonds. The summed E-state index contributed by atoms with van der Waals surface area (Å²) in [6, 6.07) is 7.55. The van der Waals surface area contributed by atoms with Crippen molar-refractivity contribution >= 4 is 17.5 Å². The van der Waals surface area contributed by atoms with Crippen molar-refractivity contribution in [2.45, 2.75) is 25.7 Å². The van der Waals surface area contributed by atoms with Crippen LogP contribution in [0.2, 0.25) is 5.02 Å². The Balaban J connectivity index is 1.37. The summed E-state index contributed by atoms with van der Waals surface area (Å²) in [4.78, 5) is 14.3. The lowest BCUT2D eigenvalue weighted by Crippen LogP contribution is -2.43. The topological polar surface area (TPSA) is 50.8 Å². The minimum absolute atomic E-state index is 0.0335. The number of likely N-dealkylation sites (tertiary alicyclic amines) is 1. The van der Waals surface area contributed by atoms with E-state index in [9.17, 15) is 4.79 Å². The number of hydrogen-bond donors (Lipinski definition) is 1. The molecule has 0 aromatic heterocycles. The molecule has 0 atom stereocenters. The molecular formula is C17H23ClN2O3. The quantitative estimate of drug-likeness (QED) is 0.892. The van der Waals surface area contributed by atoms with Crippen molar-refractivity contribution in [3.63, 3.8) is 0 Å². The molecule has 1 aromatic carbocycles. The number of ether oxygens (including phenoxy) is 2. The van der Waals surface area contributed by atoms with Crippen molar-refractivity contribution in [2.24, 2.45) is 5.92 Å². The van der Waals surface area contributed by atoms with Gasteiger partial charge in [0.05, 0.1) is 19.8 Å². The third-order valence-electron chi connectivity index (χ3n) is 4.41. The van der Waals surface area contributed by atoms with Crippen LogP contribution >= 0.6 is 11.6 Å². The molecule has 23 heavy (non-hydrogen) atoms.